The Balaban J connectivity index is 2.38. The quantitative estimate of drug-likeness (QED) is 0.778. The van der Waals surface area contributed by atoms with Crippen LogP contribution in [0.15, 0.2) is 42.6 Å². The maximum absolute atomic E-state index is 13.8. The van der Waals surface area contributed by atoms with Gasteiger partial charge in [0.05, 0.1) is 0 Å². The van der Waals surface area contributed by atoms with Gasteiger partial charge in [0.2, 0.25) is 0 Å². The van der Waals surface area contributed by atoms with Gasteiger partial charge in [0.15, 0.2) is 17.2 Å². The number of fused-ring (bicyclic) bond motifs is 1. The van der Waals surface area contributed by atoms with Crippen LogP contribution >= 0.6 is 0 Å². The Morgan fingerprint density at radius 2 is 2.10 bits per heavy atom. The monoisotopic (exact) mass is 270 g/mol. The van der Waals surface area contributed by atoms with Crippen molar-refractivity contribution >= 4 is 11.6 Å². The van der Waals surface area contributed by atoms with Crippen LogP contribution < -0.4 is 0 Å². The van der Waals surface area contributed by atoms with Crippen molar-refractivity contribution in [2.45, 2.75) is 6.92 Å². The third-order valence-electron chi connectivity index (χ3n) is 3.10. The van der Waals surface area contributed by atoms with Crippen molar-refractivity contribution in [1.82, 2.24) is 9.38 Å². The molecule has 1 aromatic carbocycles. The summed E-state index contributed by atoms with van der Waals surface area (Å²) < 4.78 is 15.0. The van der Waals surface area contributed by atoms with Crippen LogP contribution in [0.1, 0.15) is 16.1 Å². The molecule has 2 aromatic heterocycles. The van der Waals surface area contributed by atoms with Crippen molar-refractivity contribution < 1.29 is 14.3 Å². The van der Waals surface area contributed by atoms with Gasteiger partial charge in [-0.2, -0.15) is 0 Å². The molecule has 100 valence electrons. The molecule has 20 heavy (non-hydrogen) atoms. The van der Waals surface area contributed by atoms with Crippen molar-refractivity contribution in [3.63, 3.8) is 0 Å². The number of hydrogen-bond donors (Lipinski definition) is 1. The predicted octanol–water partition coefficient (Wildman–Crippen LogP) is 3.15. The number of carboxylic acids is 1. The SMILES string of the molecule is Cc1cccc(-c2nc3c(F)cccn3c2C(=O)O)c1. The highest BCUT2D eigenvalue weighted by molar-refractivity contribution is 5.94. The second kappa shape index (κ2) is 4.45. The smallest absolute Gasteiger partial charge is 0.355 e. The first-order chi connectivity index (χ1) is 9.58. The van der Waals surface area contributed by atoms with E-state index in [-0.39, 0.29) is 17.0 Å². The Hall–Kier alpha value is -2.69. The molecule has 1 N–H and O–H groups in total. The topological polar surface area (TPSA) is 54.6 Å². The minimum absolute atomic E-state index is 0.0152. The molecule has 0 amide bonds. The van der Waals surface area contributed by atoms with Crippen LogP contribution in [-0.2, 0) is 0 Å². The number of imidazole rings is 1. The van der Waals surface area contributed by atoms with Crippen LogP contribution in [0.5, 0.6) is 0 Å². The molecule has 2 heterocycles. The Bertz CT molecular complexity index is 824. The van der Waals surface area contributed by atoms with Gasteiger partial charge in [0.1, 0.15) is 5.69 Å². The summed E-state index contributed by atoms with van der Waals surface area (Å²) in [5, 5.41) is 9.39. The van der Waals surface area contributed by atoms with E-state index in [1.54, 1.807) is 6.07 Å². The molecule has 0 fully saturated rings. The predicted molar refractivity (Wildman–Crippen MR) is 72.3 cm³/mol. The average Bonchev–Trinajstić information content (AvgIpc) is 2.79. The summed E-state index contributed by atoms with van der Waals surface area (Å²) in [5.41, 5.74) is 1.89. The number of nitrogens with zero attached hydrogens (tertiary/aromatic N) is 2. The fourth-order valence-corrected chi connectivity index (χ4v) is 2.23. The number of aromatic nitrogens is 2. The molecular weight excluding hydrogens is 259 g/mol. The van der Waals surface area contributed by atoms with Gasteiger partial charge in [0.25, 0.3) is 0 Å². The number of benzene rings is 1. The molecule has 4 nitrogen and oxygen atoms in total. The van der Waals surface area contributed by atoms with Gasteiger partial charge in [-0.1, -0.05) is 23.8 Å². The average molecular weight is 270 g/mol. The molecule has 0 radical (unpaired) electrons. The molecular formula is C15H11FN2O2. The van der Waals surface area contributed by atoms with Crippen LogP contribution in [0.3, 0.4) is 0 Å². The van der Waals surface area contributed by atoms with E-state index >= 15 is 0 Å². The molecule has 0 aliphatic heterocycles. The standard InChI is InChI=1S/C15H11FN2O2/c1-9-4-2-5-10(8-9)12-13(15(19)20)18-7-3-6-11(16)14(18)17-12/h2-8H,1H3,(H,19,20). The van der Waals surface area contributed by atoms with E-state index in [2.05, 4.69) is 4.98 Å². The van der Waals surface area contributed by atoms with Gasteiger partial charge < -0.3 is 5.11 Å². The highest BCUT2D eigenvalue weighted by atomic mass is 19.1. The van der Waals surface area contributed by atoms with Crippen LogP contribution in [0.25, 0.3) is 16.9 Å². The van der Waals surface area contributed by atoms with Gasteiger partial charge >= 0.3 is 5.97 Å². The maximum atomic E-state index is 13.8. The molecule has 0 saturated carbocycles. The highest BCUT2D eigenvalue weighted by Gasteiger charge is 2.21. The third kappa shape index (κ3) is 1.84. The lowest BCUT2D eigenvalue weighted by molar-refractivity contribution is 0.0690. The number of pyridine rings is 1. The zero-order valence-electron chi connectivity index (χ0n) is 10.7. The fourth-order valence-electron chi connectivity index (χ4n) is 2.23. The summed E-state index contributed by atoms with van der Waals surface area (Å²) in [6.07, 6.45) is 1.49. The van der Waals surface area contributed by atoms with Gasteiger partial charge in [-0.25, -0.2) is 14.2 Å². The molecule has 0 atom stereocenters. The summed E-state index contributed by atoms with van der Waals surface area (Å²) in [5.74, 6) is -1.69. The van der Waals surface area contributed by atoms with Gasteiger partial charge in [-0.05, 0) is 25.1 Å². The minimum atomic E-state index is -1.14. The largest absolute Gasteiger partial charge is 0.476 e. The molecule has 3 rings (SSSR count). The Morgan fingerprint density at radius 3 is 2.80 bits per heavy atom. The van der Waals surface area contributed by atoms with Crippen LogP contribution in [-0.4, -0.2) is 20.5 Å². The van der Waals surface area contributed by atoms with Crippen molar-refractivity contribution in [2.24, 2.45) is 0 Å². The molecule has 3 aromatic rings. The first-order valence-electron chi connectivity index (χ1n) is 6.05. The summed E-state index contributed by atoms with van der Waals surface area (Å²) in [4.78, 5) is 15.6. The summed E-state index contributed by atoms with van der Waals surface area (Å²) in [6, 6.07) is 10.0. The van der Waals surface area contributed by atoms with E-state index in [9.17, 15) is 14.3 Å². The fraction of sp³-hybridized carbons (Fsp3) is 0.0667. The van der Waals surface area contributed by atoms with Crippen molar-refractivity contribution in [2.75, 3.05) is 0 Å². The van der Waals surface area contributed by atoms with E-state index in [1.165, 1.54) is 22.7 Å². The second-order valence-corrected chi connectivity index (χ2v) is 4.53. The first kappa shape index (κ1) is 12.3. The Morgan fingerprint density at radius 1 is 1.30 bits per heavy atom. The number of hydrogen-bond acceptors (Lipinski definition) is 2. The third-order valence-corrected chi connectivity index (χ3v) is 3.10. The highest BCUT2D eigenvalue weighted by Crippen LogP contribution is 2.26. The van der Waals surface area contributed by atoms with Crippen molar-refractivity contribution in [3.8, 4) is 11.3 Å². The second-order valence-electron chi connectivity index (χ2n) is 4.53. The van der Waals surface area contributed by atoms with E-state index in [0.29, 0.717) is 5.56 Å². The maximum Gasteiger partial charge on any atom is 0.355 e. The van der Waals surface area contributed by atoms with E-state index < -0.39 is 11.8 Å². The number of rotatable bonds is 2. The lowest BCUT2D eigenvalue weighted by Crippen LogP contribution is -2.03. The zero-order valence-corrected chi connectivity index (χ0v) is 10.7. The summed E-state index contributed by atoms with van der Waals surface area (Å²) >= 11 is 0. The van der Waals surface area contributed by atoms with Crippen molar-refractivity contribution in [1.29, 1.82) is 0 Å². The molecule has 5 heteroatoms. The normalized spacial score (nSPS) is 10.9. The number of halogens is 1. The van der Waals surface area contributed by atoms with E-state index in [0.717, 1.165) is 5.56 Å². The van der Waals surface area contributed by atoms with Crippen LogP contribution in [0, 0.1) is 12.7 Å². The molecule has 0 spiro atoms. The Kier molecular flexibility index (Phi) is 2.75. The molecule has 0 unspecified atom stereocenters. The summed E-state index contributed by atoms with van der Waals surface area (Å²) in [6.45, 7) is 1.90. The number of aryl methyl sites for hydroxylation is 1. The molecule has 0 aliphatic carbocycles. The molecule has 0 bridgehead atoms. The number of aromatic carboxylic acids is 1. The first-order valence-corrected chi connectivity index (χ1v) is 6.05. The van der Waals surface area contributed by atoms with Gasteiger partial charge in [0, 0.05) is 11.8 Å². The summed E-state index contributed by atoms with van der Waals surface area (Å²) in [7, 11) is 0. The van der Waals surface area contributed by atoms with Crippen LogP contribution in [0.2, 0.25) is 0 Å². The molecule has 0 saturated heterocycles. The van der Waals surface area contributed by atoms with Crippen LogP contribution in [0.4, 0.5) is 4.39 Å². The van der Waals surface area contributed by atoms with Crippen molar-refractivity contribution in [3.05, 3.63) is 59.7 Å². The lowest BCUT2D eigenvalue weighted by Gasteiger charge is -2.01. The van der Waals surface area contributed by atoms with E-state index in [4.69, 9.17) is 0 Å². The number of carbonyl (C=O) groups is 1. The van der Waals surface area contributed by atoms with Gasteiger partial charge in [-0.3, -0.25) is 4.40 Å². The molecule has 0 aliphatic rings. The minimum Gasteiger partial charge on any atom is -0.476 e. The zero-order chi connectivity index (χ0) is 14.3. The number of carboxylic acid groups (broad SMARTS) is 1. The van der Waals surface area contributed by atoms with E-state index in [1.807, 2.05) is 25.1 Å². The lowest BCUT2D eigenvalue weighted by atomic mass is 10.1. The Labute approximate surface area is 114 Å². The van der Waals surface area contributed by atoms with Gasteiger partial charge in [-0.15, -0.1) is 0 Å².